The van der Waals surface area contributed by atoms with Crippen LogP contribution in [0.3, 0.4) is 0 Å². The maximum absolute atomic E-state index is 12.9. The lowest BCUT2D eigenvalue weighted by atomic mass is 10.0. The number of fused-ring (bicyclic) bond motifs is 1. The van der Waals surface area contributed by atoms with Crippen LogP contribution in [-0.4, -0.2) is 45.7 Å². The molecule has 3 heterocycles. The largest absolute Gasteiger partial charge is 0.480 e. The van der Waals surface area contributed by atoms with Gasteiger partial charge >= 0.3 is 0 Å². The van der Waals surface area contributed by atoms with Crippen molar-refractivity contribution in [2.24, 2.45) is 5.92 Å². The number of nitrogens with one attached hydrogen (secondary N) is 1. The molecule has 7 heteroatoms. The van der Waals surface area contributed by atoms with Crippen molar-refractivity contribution in [3.05, 3.63) is 42.1 Å². The van der Waals surface area contributed by atoms with Gasteiger partial charge in [-0.2, -0.15) is 5.10 Å². The van der Waals surface area contributed by atoms with Crippen molar-refractivity contribution in [2.45, 2.75) is 51.7 Å². The number of benzene rings is 1. The van der Waals surface area contributed by atoms with E-state index in [2.05, 4.69) is 10.4 Å². The van der Waals surface area contributed by atoms with Crippen molar-refractivity contribution in [3.63, 3.8) is 0 Å². The standard InChI is InChI=1S/C22H28N4O3/c1-15(2)13-21(27)24-20-7-10-23-26(20)17-8-11-25(12-9-17)22(28)19-14-16-5-3-4-6-18(16)29-19/h3-7,10,15,17,19H,8-9,11-14H2,1-2H3,(H,24,27)/t19-/m0/s1. The molecular weight excluding hydrogens is 368 g/mol. The number of hydrogen-bond acceptors (Lipinski definition) is 4. The molecule has 0 unspecified atom stereocenters. The van der Waals surface area contributed by atoms with E-state index in [9.17, 15) is 9.59 Å². The molecule has 1 fully saturated rings. The van der Waals surface area contributed by atoms with Gasteiger partial charge in [0.05, 0.1) is 12.2 Å². The Balaban J connectivity index is 1.33. The lowest BCUT2D eigenvalue weighted by Crippen LogP contribution is -2.45. The number of rotatable bonds is 5. The highest BCUT2D eigenvalue weighted by molar-refractivity contribution is 5.90. The van der Waals surface area contributed by atoms with Crippen LogP contribution in [0.5, 0.6) is 5.75 Å². The van der Waals surface area contributed by atoms with E-state index in [-0.39, 0.29) is 17.9 Å². The fraction of sp³-hybridized carbons (Fsp3) is 0.500. The lowest BCUT2D eigenvalue weighted by Gasteiger charge is -2.33. The van der Waals surface area contributed by atoms with Crippen LogP contribution in [0.1, 0.15) is 44.7 Å². The number of nitrogens with zero attached hydrogens (tertiary/aromatic N) is 3. The van der Waals surface area contributed by atoms with Crippen molar-refractivity contribution in [3.8, 4) is 5.75 Å². The van der Waals surface area contributed by atoms with E-state index in [1.807, 2.05) is 53.8 Å². The number of hydrogen-bond donors (Lipinski definition) is 1. The first-order chi connectivity index (χ1) is 14.0. The molecule has 2 aromatic rings. The van der Waals surface area contributed by atoms with E-state index in [1.54, 1.807) is 6.20 Å². The van der Waals surface area contributed by atoms with E-state index in [4.69, 9.17) is 4.74 Å². The highest BCUT2D eigenvalue weighted by Gasteiger charge is 2.34. The normalized spacial score (nSPS) is 19.1. The number of ether oxygens (including phenoxy) is 1. The number of amides is 2. The second-order valence-corrected chi connectivity index (χ2v) is 8.28. The number of carbonyl (C=O) groups excluding carboxylic acids is 2. The second kappa shape index (κ2) is 8.27. The summed E-state index contributed by atoms with van der Waals surface area (Å²) in [6, 6.07) is 9.84. The van der Waals surface area contributed by atoms with Gasteiger partial charge in [-0.05, 0) is 30.4 Å². The molecule has 0 bridgehead atoms. The summed E-state index contributed by atoms with van der Waals surface area (Å²) in [7, 11) is 0. The van der Waals surface area contributed by atoms with Crippen LogP contribution in [0.15, 0.2) is 36.5 Å². The van der Waals surface area contributed by atoms with Gasteiger partial charge in [0, 0.05) is 32.0 Å². The first kappa shape index (κ1) is 19.5. The molecular formula is C22H28N4O3. The SMILES string of the molecule is CC(C)CC(=O)Nc1ccnn1C1CCN(C(=O)[C@@H]2Cc3ccccc3O2)CC1. The number of anilines is 1. The number of aromatic nitrogens is 2. The van der Waals surface area contributed by atoms with Crippen molar-refractivity contribution in [1.82, 2.24) is 14.7 Å². The van der Waals surface area contributed by atoms with Crippen molar-refractivity contribution in [1.29, 1.82) is 0 Å². The van der Waals surface area contributed by atoms with Gasteiger partial charge in [0.2, 0.25) is 5.91 Å². The molecule has 0 radical (unpaired) electrons. The number of piperidine rings is 1. The third kappa shape index (κ3) is 4.28. The minimum absolute atomic E-state index is 0.00677. The van der Waals surface area contributed by atoms with Crippen molar-refractivity contribution < 1.29 is 14.3 Å². The number of carbonyl (C=O) groups is 2. The highest BCUT2D eigenvalue weighted by Crippen LogP contribution is 2.31. The third-order valence-corrected chi connectivity index (χ3v) is 5.58. The lowest BCUT2D eigenvalue weighted by molar-refractivity contribution is -0.139. The quantitative estimate of drug-likeness (QED) is 0.843. The van der Waals surface area contributed by atoms with Crippen LogP contribution in [0.2, 0.25) is 0 Å². The Labute approximate surface area is 171 Å². The van der Waals surface area contributed by atoms with E-state index in [1.165, 1.54) is 0 Å². The molecule has 0 saturated carbocycles. The predicted octanol–water partition coefficient (Wildman–Crippen LogP) is 3.03. The Morgan fingerprint density at radius 1 is 1.21 bits per heavy atom. The van der Waals surface area contributed by atoms with E-state index in [0.29, 0.717) is 31.8 Å². The number of likely N-dealkylation sites (tertiary alicyclic amines) is 1. The molecule has 29 heavy (non-hydrogen) atoms. The summed E-state index contributed by atoms with van der Waals surface area (Å²) in [4.78, 5) is 26.9. The fourth-order valence-electron chi connectivity index (χ4n) is 4.12. The van der Waals surface area contributed by atoms with Crippen LogP contribution >= 0.6 is 0 Å². The molecule has 1 aromatic carbocycles. The molecule has 1 aromatic heterocycles. The van der Waals surface area contributed by atoms with Crippen LogP contribution in [0.25, 0.3) is 0 Å². The van der Waals surface area contributed by atoms with Crippen LogP contribution in [-0.2, 0) is 16.0 Å². The van der Waals surface area contributed by atoms with Gasteiger partial charge in [0.15, 0.2) is 6.10 Å². The van der Waals surface area contributed by atoms with Crippen LogP contribution in [0.4, 0.5) is 5.82 Å². The molecule has 154 valence electrons. The van der Waals surface area contributed by atoms with Crippen LogP contribution in [0, 0.1) is 5.92 Å². The molecule has 0 aliphatic carbocycles. The van der Waals surface area contributed by atoms with Gasteiger partial charge in [0.1, 0.15) is 11.6 Å². The van der Waals surface area contributed by atoms with Gasteiger partial charge < -0.3 is 15.0 Å². The second-order valence-electron chi connectivity index (χ2n) is 8.28. The molecule has 4 rings (SSSR count). The molecule has 1 saturated heterocycles. The Morgan fingerprint density at radius 2 is 1.97 bits per heavy atom. The van der Waals surface area contributed by atoms with Gasteiger partial charge in [0.25, 0.3) is 5.91 Å². The van der Waals surface area contributed by atoms with E-state index in [0.717, 1.165) is 30.0 Å². The minimum atomic E-state index is -0.417. The zero-order valence-corrected chi connectivity index (χ0v) is 17.0. The summed E-state index contributed by atoms with van der Waals surface area (Å²) in [6.45, 7) is 5.38. The number of para-hydroxylation sites is 1. The maximum atomic E-state index is 12.9. The van der Waals surface area contributed by atoms with Crippen LogP contribution < -0.4 is 10.1 Å². The summed E-state index contributed by atoms with van der Waals surface area (Å²) in [6.07, 6.45) is 4.04. The monoisotopic (exact) mass is 396 g/mol. The molecule has 2 amide bonds. The molecule has 1 atom stereocenters. The minimum Gasteiger partial charge on any atom is -0.480 e. The third-order valence-electron chi connectivity index (χ3n) is 5.58. The fourth-order valence-corrected chi connectivity index (χ4v) is 4.12. The summed E-state index contributed by atoms with van der Waals surface area (Å²) in [5, 5.41) is 7.39. The van der Waals surface area contributed by atoms with Crippen molar-refractivity contribution in [2.75, 3.05) is 18.4 Å². The zero-order chi connectivity index (χ0) is 20.4. The first-order valence-electron chi connectivity index (χ1n) is 10.4. The van der Waals surface area contributed by atoms with Gasteiger partial charge in [-0.25, -0.2) is 4.68 Å². The van der Waals surface area contributed by atoms with E-state index < -0.39 is 6.10 Å². The summed E-state index contributed by atoms with van der Waals surface area (Å²) in [5.74, 6) is 1.93. The van der Waals surface area contributed by atoms with Gasteiger partial charge in [-0.3, -0.25) is 9.59 Å². The molecule has 1 N–H and O–H groups in total. The summed E-state index contributed by atoms with van der Waals surface area (Å²) in [5.41, 5.74) is 1.10. The Morgan fingerprint density at radius 3 is 2.69 bits per heavy atom. The molecule has 7 nitrogen and oxygen atoms in total. The average molecular weight is 396 g/mol. The topological polar surface area (TPSA) is 76.5 Å². The zero-order valence-electron chi connectivity index (χ0n) is 17.0. The van der Waals surface area contributed by atoms with Crippen molar-refractivity contribution >= 4 is 17.6 Å². The summed E-state index contributed by atoms with van der Waals surface area (Å²) >= 11 is 0. The maximum Gasteiger partial charge on any atom is 0.263 e. The smallest absolute Gasteiger partial charge is 0.263 e. The Hall–Kier alpha value is -2.83. The molecule has 2 aliphatic rings. The molecule has 0 spiro atoms. The Kier molecular flexibility index (Phi) is 5.56. The highest BCUT2D eigenvalue weighted by atomic mass is 16.5. The summed E-state index contributed by atoms with van der Waals surface area (Å²) < 4.78 is 7.75. The first-order valence-corrected chi connectivity index (χ1v) is 10.4. The average Bonchev–Trinajstić information content (AvgIpc) is 3.33. The van der Waals surface area contributed by atoms with Gasteiger partial charge in [-0.15, -0.1) is 0 Å². The van der Waals surface area contributed by atoms with E-state index >= 15 is 0 Å². The molecule has 2 aliphatic heterocycles. The Bertz CT molecular complexity index is 859. The predicted molar refractivity (Wildman–Crippen MR) is 110 cm³/mol. The van der Waals surface area contributed by atoms with Gasteiger partial charge in [-0.1, -0.05) is 32.0 Å².